The summed E-state index contributed by atoms with van der Waals surface area (Å²) in [5.41, 5.74) is 2.15. The van der Waals surface area contributed by atoms with Gasteiger partial charge in [-0.05, 0) is 43.9 Å². The lowest BCUT2D eigenvalue weighted by Gasteiger charge is -2.36. The average molecular weight is 408 g/mol. The van der Waals surface area contributed by atoms with Crippen molar-refractivity contribution >= 4 is 22.7 Å². The quantitative estimate of drug-likeness (QED) is 0.818. The highest BCUT2D eigenvalue weighted by molar-refractivity contribution is 5.90. The number of hydrogen-bond donors (Lipinski definition) is 2. The fraction of sp³-hybridized carbons (Fsp3) is 0.522. The number of rotatable bonds is 3. The van der Waals surface area contributed by atoms with Gasteiger partial charge in [0.05, 0.1) is 6.07 Å². The second-order valence-electron chi connectivity index (χ2n) is 8.96. The first-order valence-corrected chi connectivity index (χ1v) is 10.8. The molecule has 2 amide bonds. The first-order chi connectivity index (χ1) is 14.5. The zero-order chi connectivity index (χ0) is 20.9. The molecule has 2 heterocycles. The standard InChI is InChI=1S/C23H25FN4O2/c24-14-5-6-15-18-12-28(10-7-19(18)26-20(15)11-14)22(30)17-4-2-1-3-16(17)21(29)27-23(13-25)8-9-23/h5-6,11,16-17,26H,1-4,7-10,12H2,(H,27,29). The highest BCUT2D eigenvalue weighted by atomic mass is 19.1. The molecule has 2 atom stereocenters. The van der Waals surface area contributed by atoms with E-state index in [0.717, 1.165) is 35.0 Å². The molecule has 2 N–H and O–H groups in total. The third-order valence-electron chi connectivity index (χ3n) is 7.00. The van der Waals surface area contributed by atoms with Crippen LogP contribution in [0.3, 0.4) is 0 Å². The van der Waals surface area contributed by atoms with Gasteiger partial charge in [-0.3, -0.25) is 9.59 Å². The minimum Gasteiger partial charge on any atom is -0.358 e. The second-order valence-corrected chi connectivity index (χ2v) is 8.96. The Labute approximate surface area is 174 Å². The van der Waals surface area contributed by atoms with E-state index in [4.69, 9.17) is 0 Å². The van der Waals surface area contributed by atoms with Gasteiger partial charge in [0.2, 0.25) is 11.8 Å². The summed E-state index contributed by atoms with van der Waals surface area (Å²) in [6.07, 6.45) is 5.34. The SMILES string of the molecule is N#CC1(NC(=O)C2CCCCC2C(=O)N2CCc3[nH]c4cc(F)ccc4c3C2)CC1. The van der Waals surface area contributed by atoms with E-state index in [-0.39, 0.29) is 29.5 Å². The first kappa shape index (κ1) is 19.1. The number of fused-ring (bicyclic) bond motifs is 3. The molecule has 2 aliphatic carbocycles. The molecule has 1 aliphatic heterocycles. The summed E-state index contributed by atoms with van der Waals surface area (Å²) in [5.74, 6) is -1.10. The molecular formula is C23H25FN4O2. The number of aromatic nitrogens is 1. The minimum atomic E-state index is -0.707. The van der Waals surface area contributed by atoms with Crippen LogP contribution in [0.4, 0.5) is 4.39 Å². The molecule has 0 spiro atoms. The van der Waals surface area contributed by atoms with Crippen LogP contribution in [-0.2, 0) is 22.6 Å². The van der Waals surface area contributed by atoms with E-state index < -0.39 is 5.54 Å². The van der Waals surface area contributed by atoms with Crippen LogP contribution in [0.1, 0.15) is 49.8 Å². The van der Waals surface area contributed by atoms with Gasteiger partial charge in [-0.2, -0.15) is 5.26 Å². The molecule has 7 heteroatoms. The highest BCUT2D eigenvalue weighted by Gasteiger charge is 2.47. The van der Waals surface area contributed by atoms with Gasteiger partial charge in [0.1, 0.15) is 11.4 Å². The number of benzene rings is 1. The van der Waals surface area contributed by atoms with Crippen LogP contribution in [0.2, 0.25) is 0 Å². The van der Waals surface area contributed by atoms with Crippen molar-refractivity contribution in [2.75, 3.05) is 6.54 Å². The maximum absolute atomic E-state index is 13.6. The van der Waals surface area contributed by atoms with Crippen molar-refractivity contribution < 1.29 is 14.0 Å². The molecule has 2 saturated carbocycles. The molecule has 30 heavy (non-hydrogen) atoms. The molecule has 156 valence electrons. The van der Waals surface area contributed by atoms with Gasteiger partial charge in [-0.1, -0.05) is 12.8 Å². The van der Waals surface area contributed by atoms with Crippen molar-refractivity contribution in [1.29, 1.82) is 5.26 Å². The summed E-state index contributed by atoms with van der Waals surface area (Å²) in [4.78, 5) is 31.5. The predicted molar refractivity (Wildman–Crippen MR) is 109 cm³/mol. The lowest BCUT2D eigenvalue weighted by atomic mass is 9.77. The second kappa shape index (κ2) is 7.12. The Morgan fingerprint density at radius 1 is 1.23 bits per heavy atom. The highest BCUT2D eigenvalue weighted by Crippen LogP contribution is 2.38. The Bertz CT molecular complexity index is 1070. The van der Waals surface area contributed by atoms with Crippen molar-refractivity contribution in [3.63, 3.8) is 0 Å². The minimum absolute atomic E-state index is 0.0266. The summed E-state index contributed by atoms with van der Waals surface area (Å²) < 4.78 is 13.6. The number of carbonyl (C=O) groups is 2. The zero-order valence-electron chi connectivity index (χ0n) is 16.8. The Morgan fingerprint density at radius 3 is 2.73 bits per heavy atom. The third-order valence-corrected chi connectivity index (χ3v) is 7.00. The molecule has 0 radical (unpaired) electrons. The van der Waals surface area contributed by atoms with Gasteiger partial charge >= 0.3 is 0 Å². The van der Waals surface area contributed by atoms with Crippen LogP contribution >= 0.6 is 0 Å². The average Bonchev–Trinajstić information content (AvgIpc) is 3.44. The van der Waals surface area contributed by atoms with Crippen LogP contribution in [0.15, 0.2) is 18.2 Å². The molecule has 3 aliphatic rings. The van der Waals surface area contributed by atoms with Gasteiger partial charge in [0.25, 0.3) is 0 Å². The number of carbonyl (C=O) groups excluding carboxylic acids is 2. The summed E-state index contributed by atoms with van der Waals surface area (Å²) in [5, 5.41) is 13.1. The molecule has 2 aromatic rings. The molecule has 6 nitrogen and oxygen atoms in total. The number of H-pyrrole nitrogens is 1. The van der Waals surface area contributed by atoms with Crippen molar-refractivity contribution in [2.24, 2.45) is 11.8 Å². The topological polar surface area (TPSA) is 89.0 Å². The maximum atomic E-state index is 13.6. The van der Waals surface area contributed by atoms with E-state index in [9.17, 15) is 19.2 Å². The van der Waals surface area contributed by atoms with Crippen LogP contribution in [-0.4, -0.2) is 33.8 Å². The first-order valence-electron chi connectivity index (χ1n) is 10.8. The Morgan fingerprint density at radius 2 is 2.00 bits per heavy atom. The number of hydrogen-bond acceptors (Lipinski definition) is 3. The normalized spacial score (nSPS) is 24.7. The monoisotopic (exact) mass is 408 g/mol. The van der Waals surface area contributed by atoms with Crippen LogP contribution < -0.4 is 5.32 Å². The van der Waals surface area contributed by atoms with E-state index in [0.29, 0.717) is 45.2 Å². The lowest BCUT2D eigenvalue weighted by Crippen LogP contribution is -2.48. The van der Waals surface area contributed by atoms with Gasteiger partial charge < -0.3 is 15.2 Å². The van der Waals surface area contributed by atoms with Crippen LogP contribution in [0, 0.1) is 29.0 Å². The third kappa shape index (κ3) is 3.24. The number of aromatic amines is 1. The zero-order valence-corrected chi connectivity index (χ0v) is 16.8. The molecular weight excluding hydrogens is 383 g/mol. The van der Waals surface area contributed by atoms with E-state index >= 15 is 0 Å². The van der Waals surface area contributed by atoms with Crippen LogP contribution in [0.5, 0.6) is 0 Å². The number of amides is 2. The molecule has 1 aromatic heterocycles. The van der Waals surface area contributed by atoms with Crippen molar-refractivity contribution in [3.05, 3.63) is 35.3 Å². The molecule has 2 unspecified atom stereocenters. The number of halogens is 1. The van der Waals surface area contributed by atoms with Gasteiger partial charge in [0, 0.05) is 53.5 Å². The fourth-order valence-electron chi connectivity index (χ4n) is 5.08. The Kier molecular flexibility index (Phi) is 4.53. The Hall–Kier alpha value is -2.88. The van der Waals surface area contributed by atoms with E-state index in [1.807, 2.05) is 4.90 Å². The predicted octanol–water partition coefficient (Wildman–Crippen LogP) is 3.17. The van der Waals surface area contributed by atoms with Crippen molar-refractivity contribution in [2.45, 2.75) is 57.0 Å². The van der Waals surface area contributed by atoms with E-state index in [2.05, 4.69) is 16.4 Å². The van der Waals surface area contributed by atoms with Crippen molar-refractivity contribution in [3.8, 4) is 6.07 Å². The number of nitriles is 1. The van der Waals surface area contributed by atoms with Gasteiger partial charge in [0.15, 0.2) is 0 Å². The summed E-state index contributed by atoms with van der Waals surface area (Å²) in [6, 6.07) is 6.90. The molecule has 0 saturated heterocycles. The van der Waals surface area contributed by atoms with E-state index in [1.165, 1.54) is 12.1 Å². The fourth-order valence-corrected chi connectivity index (χ4v) is 5.08. The number of nitrogens with zero attached hydrogens (tertiary/aromatic N) is 2. The molecule has 0 bridgehead atoms. The Balaban J connectivity index is 1.35. The van der Waals surface area contributed by atoms with Crippen molar-refractivity contribution in [1.82, 2.24) is 15.2 Å². The maximum Gasteiger partial charge on any atom is 0.226 e. The summed E-state index contributed by atoms with van der Waals surface area (Å²) in [6.45, 7) is 1.07. The molecule has 5 rings (SSSR count). The summed E-state index contributed by atoms with van der Waals surface area (Å²) >= 11 is 0. The van der Waals surface area contributed by atoms with E-state index in [1.54, 1.807) is 6.07 Å². The van der Waals surface area contributed by atoms with Gasteiger partial charge in [-0.25, -0.2) is 4.39 Å². The lowest BCUT2D eigenvalue weighted by molar-refractivity contribution is -0.144. The van der Waals surface area contributed by atoms with Gasteiger partial charge in [-0.15, -0.1) is 0 Å². The largest absolute Gasteiger partial charge is 0.358 e. The smallest absolute Gasteiger partial charge is 0.226 e. The summed E-state index contributed by atoms with van der Waals surface area (Å²) in [7, 11) is 0. The molecule has 1 aromatic carbocycles. The number of nitrogens with one attached hydrogen (secondary N) is 2. The molecule has 2 fully saturated rings. The van der Waals surface area contributed by atoms with Crippen LogP contribution in [0.25, 0.3) is 10.9 Å².